The summed E-state index contributed by atoms with van der Waals surface area (Å²) in [7, 11) is 0. The summed E-state index contributed by atoms with van der Waals surface area (Å²) < 4.78 is 16.9. The molecule has 0 aliphatic rings. The summed E-state index contributed by atoms with van der Waals surface area (Å²) in [4.78, 5) is 38.3. The molecule has 0 bridgehead atoms. The number of carbonyl (C=O) groups excluding carboxylic acids is 3. The van der Waals surface area contributed by atoms with Crippen LogP contribution in [0.2, 0.25) is 0 Å². The maximum atomic E-state index is 12.9. The normalized spacial score (nSPS) is 13.0. The largest absolute Gasteiger partial charge is 0.462 e. The van der Waals surface area contributed by atoms with Crippen LogP contribution >= 0.6 is 0 Å². The van der Waals surface area contributed by atoms with Gasteiger partial charge in [0.25, 0.3) is 0 Å². The molecule has 0 fully saturated rings. The monoisotopic (exact) mass is 1150 g/mol. The molecule has 0 heterocycles. The van der Waals surface area contributed by atoms with E-state index in [1.165, 1.54) is 109 Å². The summed E-state index contributed by atoms with van der Waals surface area (Å²) in [5.74, 6) is -0.913. The lowest BCUT2D eigenvalue weighted by molar-refractivity contribution is -0.167. The standard InChI is InChI=1S/C77H126O6/c1-4-7-10-13-16-19-22-25-27-29-30-31-32-33-34-35-36-37-38-39-40-41-42-43-44-45-46-48-49-52-55-58-61-64-67-70-76(79)82-73-74(72-81-75(78)69-66-63-60-57-54-51-24-21-18-15-12-9-6-3)83-77(80)71-68-65-62-59-56-53-50-47-28-26-23-20-17-14-11-8-5-2/h7-8,10-11,16-17,19-20,25-28,30-31,33-34,36-37,39-40,42-43,50,53,74H,4-6,9,12-15,18,21-24,29,32,35,38,41,44-49,51-52,54-73H2,1-3H3/b10-7-,11-8-,19-16-,20-17-,27-25-,28-26-,31-30-,34-33-,37-36-,40-39-,43-42-,53-50-. The van der Waals surface area contributed by atoms with E-state index in [9.17, 15) is 14.4 Å². The molecule has 0 aromatic carbocycles. The molecule has 0 spiro atoms. The van der Waals surface area contributed by atoms with Crippen molar-refractivity contribution in [3.63, 3.8) is 0 Å². The zero-order chi connectivity index (χ0) is 59.9. The van der Waals surface area contributed by atoms with Gasteiger partial charge >= 0.3 is 17.9 Å². The Hall–Kier alpha value is -4.71. The first-order valence-corrected chi connectivity index (χ1v) is 34.3. The lowest BCUT2D eigenvalue weighted by Gasteiger charge is -2.18. The average molecular weight is 1150 g/mol. The number of carbonyl (C=O) groups is 3. The highest BCUT2D eigenvalue weighted by atomic mass is 16.6. The fourth-order valence-corrected chi connectivity index (χ4v) is 9.27. The smallest absolute Gasteiger partial charge is 0.306 e. The van der Waals surface area contributed by atoms with Crippen LogP contribution in [-0.2, 0) is 28.6 Å². The van der Waals surface area contributed by atoms with Gasteiger partial charge in [-0.1, -0.05) is 308 Å². The van der Waals surface area contributed by atoms with Crippen molar-refractivity contribution in [3.05, 3.63) is 146 Å². The van der Waals surface area contributed by atoms with Gasteiger partial charge in [0, 0.05) is 19.3 Å². The molecule has 0 saturated carbocycles. The molecule has 0 aliphatic heterocycles. The molecule has 0 aromatic heterocycles. The van der Waals surface area contributed by atoms with Gasteiger partial charge in [0.2, 0.25) is 0 Å². The van der Waals surface area contributed by atoms with Crippen molar-refractivity contribution in [2.45, 2.75) is 309 Å². The van der Waals surface area contributed by atoms with Crippen molar-refractivity contribution in [2.75, 3.05) is 13.2 Å². The predicted molar refractivity (Wildman–Crippen MR) is 362 cm³/mol. The molecule has 0 N–H and O–H groups in total. The molecule has 0 aliphatic carbocycles. The van der Waals surface area contributed by atoms with Crippen LogP contribution < -0.4 is 0 Å². The summed E-state index contributed by atoms with van der Waals surface area (Å²) in [6, 6.07) is 0. The summed E-state index contributed by atoms with van der Waals surface area (Å²) in [5.41, 5.74) is 0. The number of esters is 3. The number of rotatable bonds is 61. The Morgan fingerprint density at radius 3 is 0.735 bits per heavy atom. The molecular formula is C77H126O6. The molecule has 1 unspecified atom stereocenters. The van der Waals surface area contributed by atoms with Crippen molar-refractivity contribution >= 4 is 17.9 Å². The fraction of sp³-hybridized carbons (Fsp3) is 0.649. The van der Waals surface area contributed by atoms with E-state index in [1.807, 2.05) is 0 Å². The van der Waals surface area contributed by atoms with Crippen molar-refractivity contribution in [3.8, 4) is 0 Å². The topological polar surface area (TPSA) is 78.9 Å². The average Bonchev–Trinajstić information content (AvgIpc) is 3.49. The van der Waals surface area contributed by atoms with E-state index in [-0.39, 0.29) is 31.1 Å². The van der Waals surface area contributed by atoms with Gasteiger partial charge in [-0.15, -0.1) is 0 Å². The first-order chi connectivity index (χ1) is 41.0. The predicted octanol–water partition coefficient (Wildman–Crippen LogP) is 23.9. The van der Waals surface area contributed by atoms with Gasteiger partial charge in [-0.05, 0) is 122 Å². The third-order valence-electron chi connectivity index (χ3n) is 14.3. The number of hydrogen-bond donors (Lipinski definition) is 0. The Bertz CT molecular complexity index is 1800. The molecule has 0 radical (unpaired) electrons. The molecule has 1 atom stereocenters. The number of ether oxygens (including phenoxy) is 3. The van der Waals surface area contributed by atoms with E-state index in [2.05, 4.69) is 167 Å². The van der Waals surface area contributed by atoms with E-state index < -0.39 is 6.10 Å². The SMILES string of the molecule is CC/C=C\C/C=C\C/C=C\C/C=C\C/C=C\C/C=C\C/C=C\C/C=C\CCCCCCCCCCCCC(=O)OCC(COC(=O)CCCCCCCCCCCCCCC)OC(=O)CCCCCC/C=C\C/C=C\C/C=C\C/C=C\CC. The Balaban J connectivity index is 4.27. The fourth-order valence-electron chi connectivity index (χ4n) is 9.27. The summed E-state index contributed by atoms with van der Waals surface area (Å²) in [6.07, 6.45) is 100. The number of hydrogen-bond acceptors (Lipinski definition) is 6. The van der Waals surface area contributed by atoms with E-state index in [0.29, 0.717) is 19.3 Å². The highest BCUT2D eigenvalue weighted by Crippen LogP contribution is 2.16. The zero-order valence-electron chi connectivity index (χ0n) is 53.9. The number of unbranched alkanes of at least 4 members (excludes halogenated alkanes) is 26. The van der Waals surface area contributed by atoms with Crippen molar-refractivity contribution in [1.29, 1.82) is 0 Å². The van der Waals surface area contributed by atoms with Gasteiger partial charge in [-0.3, -0.25) is 14.4 Å². The Morgan fingerprint density at radius 2 is 0.470 bits per heavy atom. The molecule has 0 amide bonds. The van der Waals surface area contributed by atoms with Crippen LogP contribution in [0.5, 0.6) is 0 Å². The van der Waals surface area contributed by atoms with Crippen LogP contribution in [0.4, 0.5) is 0 Å². The Kier molecular flexibility index (Phi) is 65.8. The van der Waals surface area contributed by atoms with Crippen molar-refractivity contribution in [2.24, 2.45) is 0 Å². The van der Waals surface area contributed by atoms with Crippen molar-refractivity contribution in [1.82, 2.24) is 0 Å². The minimum absolute atomic E-state index is 0.0899. The second kappa shape index (κ2) is 69.8. The zero-order valence-corrected chi connectivity index (χ0v) is 53.9. The lowest BCUT2D eigenvalue weighted by atomic mass is 10.0. The lowest BCUT2D eigenvalue weighted by Crippen LogP contribution is -2.30. The van der Waals surface area contributed by atoms with E-state index in [1.54, 1.807) is 0 Å². The van der Waals surface area contributed by atoms with Crippen LogP contribution in [-0.4, -0.2) is 37.2 Å². The van der Waals surface area contributed by atoms with Gasteiger partial charge in [-0.2, -0.15) is 0 Å². The van der Waals surface area contributed by atoms with Crippen LogP contribution in [0.25, 0.3) is 0 Å². The van der Waals surface area contributed by atoms with E-state index >= 15 is 0 Å². The summed E-state index contributed by atoms with van der Waals surface area (Å²) >= 11 is 0. The minimum Gasteiger partial charge on any atom is -0.462 e. The van der Waals surface area contributed by atoms with Gasteiger partial charge < -0.3 is 14.2 Å². The summed E-state index contributed by atoms with van der Waals surface area (Å²) in [5, 5.41) is 0. The van der Waals surface area contributed by atoms with Gasteiger partial charge in [0.15, 0.2) is 6.10 Å². The number of allylic oxidation sites excluding steroid dienone is 24. The Labute approximate surface area is 512 Å². The van der Waals surface area contributed by atoms with Crippen LogP contribution in [0, 0.1) is 0 Å². The first-order valence-electron chi connectivity index (χ1n) is 34.3. The third kappa shape index (κ3) is 68.0. The molecule has 6 nitrogen and oxygen atoms in total. The molecule has 0 aromatic rings. The molecule has 83 heavy (non-hydrogen) atoms. The second-order valence-electron chi connectivity index (χ2n) is 22.3. The Morgan fingerprint density at radius 1 is 0.253 bits per heavy atom. The highest BCUT2D eigenvalue weighted by Gasteiger charge is 2.19. The maximum absolute atomic E-state index is 12.9. The van der Waals surface area contributed by atoms with Gasteiger partial charge in [0.1, 0.15) is 13.2 Å². The molecular weight excluding hydrogens is 1020 g/mol. The third-order valence-corrected chi connectivity index (χ3v) is 14.3. The highest BCUT2D eigenvalue weighted by molar-refractivity contribution is 5.71. The maximum Gasteiger partial charge on any atom is 0.306 e. The quantitative estimate of drug-likeness (QED) is 0.0261. The van der Waals surface area contributed by atoms with Crippen LogP contribution in [0.1, 0.15) is 303 Å². The molecule has 0 saturated heterocycles. The molecule has 6 heteroatoms. The molecule has 470 valence electrons. The van der Waals surface area contributed by atoms with E-state index in [0.717, 1.165) is 154 Å². The van der Waals surface area contributed by atoms with Crippen molar-refractivity contribution < 1.29 is 28.6 Å². The van der Waals surface area contributed by atoms with E-state index in [4.69, 9.17) is 14.2 Å². The molecule has 0 rings (SSSR count). The van der Waals surface area contributed by atoms with Crippen LogP contribution in [0.3, 0.4) is 0 Å². The van der Waals surface area contributed by atoms with Gasteiger partial charge in [-0.25, -0.2) is 0 Å². The second-order valence-corrected chi connectivity index (χ2v) is 22.3. The first kappa shape index (κ1) is 78.3. The minimum atomic E-state index is -0.797. The summed E-state index contributed by atoms with van der Waals surface area (Å²) in [6.45, 7) is 6.40. The van der Waals surface area contributed by atoms with Crippen LogP contribution in [0.15, 0.2) is 146 Å². The van der Waals surface area contributed by atoms with Gasteiger partial charge in [0.05, 0.1) is 0 Å².